The second kappa shape index (κ2) is 5.35. The van der Waals surface area contributed by atoms with Gasteiger partial charge in [-0.15, -0.1) is 0 Å². The van der Waals surface area contributed by atoms with Gasteiger partial charge in [0.2, 0.25) is 0 Å². The van der Waals surface area contributed by atoms with Crippen LogP contribution in [-0.2, 0) is 13.6 Å². The van der Waals surface area contributed by atoms with E-state index in [0.717, 1.165) is 16.9 Å². The van der Waals surface area contributed by atoms with Gasteiger partial charge in [0.15, 0.2) is 0 Å². The third kappa shape index (κ3) is 3.10. The molecular weight excluding hydrogens is 228 g/mol. The van der Waals surface area contributed by atoms with Crippen LogP contribution < -0.4 is 10.6 Å². The van der Waals surface area contributed by atoms with Crippen LogP contribution in [0.2, 0.25) is 0 Å². The first-order chi connectivity index (χ1) is 8.65. The van der Waals surface area contributed by atoms with Crippen molar-refractivity contribution in [2.45, 2.75) is 13.5 Å². The summed E-state index contributed by atoms with van der Waals surface area (Å²) >= 11 is 0. The van der Waals surface area contributed by atoms with Crippen LogP contribution in [0.15, 0.2) is 36.5 Å². The number of carbonyl (C=O) groups is 1. The van der Waals surface area contributed by atoms with Crippen molar-refractivity contribution < 1.29 is 4.79 Å². The first kappa shape index (κ1) is 12.2. The highest BCUT2D eigenvalue weighted by molar-refractivity contribution is 5.89. The summed E-state index contributed by atoms with van der Waals surface area (Å²) in [5, 5.41) is 9.78. The summed E-state index contributed by atoms with van der Waals surface area (Å²) in [4.78, 5) is 11.7. The molecule has 2 rings (SSSR count). The number of nitrogens with one attached hydrogen (secondary N) is 2. The highest BCUT2D eigenvalue weighted by atomic mass is 16.2. The van der Waals surface area contributed by atoms with Crippen molar-refractivity contribution in [3.05, 3.63) is 47.8 Å². The van der Waals surface area contributed by atoms with Crippen LogP contribution in [0.25, 0.3) is 0 Å². The topological polar surface area (TPSA) is 59.0 Å². The van der Waals surface area contributed by atoms with E-state index in [4.69, 9.17) is 0 Å². The van der Waals surface area contributed by atoms with Crippen molar-refractivity contribution in [2.75, 3.05) is 5.32 Å². The number of rotatable bonds is 3. The lowest BCUT2D eigenvalue weighted by Crippen LogP contribution is -2.28. The van der Waals surface area contributed by atoms with Crippen LogP contribution in [0.3, 0.4) is 0 Å². The number of carbonyl (C=O) groups excluding carboxylic acids is 1. The lowest BCUT2D eigenvalue weighted by Gasteiger charge is -2.06. The molecule has 0 aliphatic heterocycles. The summed E-state index contributed by atoms with van der Waals surface area (Å²) in [6.45, 7) is 2.39. The zero-order chi connectivity index (χ0) is 13.0. The van der Waals surface area contributed by atoms with Gasteiger partial charge < -0.3 is 10.6 Å². The van der Waals surface area contributed by atoms with Gasteiger partial charge in [0, 0.05) is 31.0 Å². The fourth-order valence-corrected chi connectivity index (χ4v) is 1.69. The number of benzene rings is 1. The fourth-order valence-electron chi connectivity index (χ4n) is 1.69. The third-order valence-electron chi connectivity index (χ3n) is 2.59. The minimum Gasteiger partial charge on any atom is -0.334 e. The number of para-hydroxylation sites is 1. The molecule has 0 bridgehead atoms. The van der Waals surface area contributed by atoms with Crippen molar-refractivity contribution in [3.63, 3.8) is 0 Å². The number of anilines is 1. The third-order valence-corrected chi connectivity index (χ3v) is 2.59. The summed E-state index contributed by atoms with van der Waals surface area (Å²) in [5.41, 5.74) is 2.72. The maximum absolute atomic E-state index is 11.7. The predicted molar refractivity (Wildman–Crippen MR) is 70.2 cm³/mol. The number of amides is 2. The molecule has 0 saturated carbocycles. The zero-order valence-electron chi connectivity index (χ0n) is 10.5. The number of nitrogens with zero attached hydrogens (tertiary/aromatic N) is 2. The lowest BCUT2D eigenvalue weighted by molar-refractivity contribution is 0.251. The van der Waals surface area contributed by atoms with E-state index in [9.17, 15) is 4.79 Å². The van der Waals surface area contributed by atoms with Gasteiger partial charge in [-0.2, -0.15) is 5.10 Å². The van der Waals surface area contributed by atoms with Gasteiger partial charge in [-0.05, 0) is 19.1 Å². The molecule has 1 aromatic carbocycles. The molecule has 5 heteroatoms. The van der Waals surface area contributed by atoms with Crippen LogP contribution in [0.1, 0.15) is 11.3 Å². The standard InChI is InChI=1S/C13H16N4O/c1-10-11(9-17(2)16-10)8-14-13(18)15-12-6-4-3-5-7-12/h3-7,9H,8H2,1-2H3,(H2,14,15,18). The number of urea groups is 1. The van der Waals surface area contributed by atoms with Crippen molar-refractivity contribution in [1.82, 2.24) is 15.1 Å². The van der Waals surface area contributed by atoms with Crippen molar-refractivity contribution in [1.29, 1.82) is 0 Å². The van der Waals surface area contributed by atoms with Gasteiger partial charge in [-0.25, -0.2) is 4.79 Å². The molecule has 18 heavy (non-hydrogen) atoms. The van der Waals surface area contributed by atoms with Gasteiger partial charge in [0.05, 0.1) is 5.69 Å². The molecule has 1 aromatic heterocycles. The van der Waals surface area contributed by atoms with E-state index in [1.54, 1.807) is 4.68 Å². The summed E-state index contributed by atoms with van der Waals surface area (Å²) in [6, 6.07) is 9.12. The quantitative estimate of drug-likeness (QED) is 0.868. The first-order valence-electron chi connectivity index (χ1n) is 5.74. The van der Waals surface area contributed by atoms with Gasteiger partial charge in [-0.1, -0.05) is 18.2 Å². The number of aryl methyl sites for hydroxylation is 2. The van der Waals surface area contributed by atoms with E-state index in [1.165, 1.54) is 0 Å². The van der Waals surface area contributed by atoms with Gasteiger partial charge >= 0.3 is 6.03 Å². The van der Waals surface area contributed by atoms with E-state index in [2.05, 4.69) is 15.7 Å². The van der Waals surface area contributed by atoms with Crippen LogP contribution in [0.4, 0.5) is 10.5 Å². The fraction of sp³-hybridized carbons (Fsp3) is 0.231. The summed E-state index contributed by atoms with van der Waals surface area (Å²) in [7, 11) is 1.86. The lowest BCUT2D eigenvalue weighted by atomic mass is 10.3. The smallest absolute Gasteiger partial charge is 0.319 e. The number of hydrogen-bond donors (Lipinski definition) is 2. The van der Waals surface area contributed by atoms with Crippen molar-refractivity contribution in [2.24, 2.45) is 7.05 Å². The predicted octanol–water partition coefficient (Wildman–Crippen LogP) is 2.05. The van der Waals surface area contributed by atoms with Crippen LogP contribution in [0, 0.1) is 6.92 Å². The molecule has 0 aliphatic rings. The molecule has 5 nitrogen and oxygen atoms in total. The van der Waals surface area contributed by atoms with Gasteiger partial charge in [0.25, 0.3) is 0 Å². The second-order valence-electron chi connectivity index (χ2n) is 4.09. The zero-order valence-corrected chi connectivity index (χ0v) is 10.5. The van der Waals surface area contributed by atoms with E-state index in [1.807, 2.05) is 50.5 Å². The second-order valence-corrected chi connectivity index (χ2v) is 4.09. The average molecular weight is 244 g/mol. The van der Waals surface area contributed by atoms with E-state index in [0.29, 0.717) is 6.54 Å². The maximum Gasteiger partial charge on any atom is 0.319 e. The highest BCUT2D eigenvalue weighted by Crippen LogP contribution is 2.06. The van der Waals surface area contributed by atoms with Gasteiger partial charge in [0.1, 0.15) is 0 Å². The molecule has 94 valence electrons. The normalized spacial score (nSPS) is 10.1. The summed E-state index contributed by atoms with van der Waals surface area (Å²) in [6.07, 6.45) is 1.90. The Morgan fingerprint density at radius 1 is 1.33 bits per heavy atom. The molecule has 0 unspecified atom stereocenters. The molecule has 1 heterocycles. The molecule has 0 aliphatic carbocycles. The van der Waals surface area contributed by atoms with Gasteiger partial charge in [-0.3, -0.25) is 4.68 Å². The molecular formula is C13H16N4O. The largest absolute Gasteiger partial charge is 0.334 e. The monoisotopic (exact) mass is 244 g/mol. The summed E-state index contributed by atoms with van der Waals surface area (Å²) < 4.78 is 1.74. The van der Waals surface area contributed by atoms with E-state index in [-0.39, 0.29) is 6.03 Å². The number of aromatic nitrogens is 2. The van der Waals surface area contributed by atoms with Crippen LogP contribution >= 0.6 is 0 Å². The Morgan fingerprint density at radius 2 is 2.06 bits per heavy atom. The Morgan fingerprint density at radius 3 is 2.67 bits per heavy atom. The Kier molecular flexibility index (Phi) is 3.62. The Hall–Kier alpha value is -2.30. The van der Waals surface area contributed by atoms with Crippen LogP contribution in [0.5, 0.6) is 0 Å². The van der Waals surface area contributed by atoms with Crippen molar-refractivity contribution in [3.8, 4) is 0 Å². The Labute approximate surface area is 106 Å². The van der Waals surface area contributed by atoms with E-state index < -0.39 is 0 Å². The summed E-state index contributed by atoms with van der Waals surface area (Å²) in [5.74, 6) is 0. The molecule has 0 saturated heterocycles. The van der Waals surface area contributed by atoms with E-state index >= 15 is 0 Å². The minimum absolute atomic E-state index is 0.218. The van der Waals surface area contributed by atoms with Crippen LogP contribution in [-0.4, -0.2) is 15.8 Å². The van der Waals surface area contributed by atoms with Crippen molar-refractivity contribution >= 4 is 11.7 Å². The Bertz CT molecular complexity index is 533. The molecule has 0 spiro atoms. The average Bonchev–Trinajstić information content (AvgIpc) is 2.66. The first-order valence-corrected chi connectivity index (χ1v) is 5.74. The molecule has 0 radical (unpaired) electrons. The molecule has 2 N–H and O–H groups in total. The maximum atomic E-state index is 11.7. The molecule has 0 atom stereocenters. The minimum atomic E-state index is -0.218. The molecule has 2 aromatic rings. The highest BCUT2D eigenvalue weighted by Gasteiger charge is 2.05. The SMILES string of the molecule is Cc1nn(C)cc1CNC(=O)Nc1ccccc1. The number of hydrogen-bond acceptors (Lipinski definition) is 2. The molecule has 2 amide bonds. The molecule has 0 fully saturated rings. The Balaban J connectivity index is 1.87.